The van der Waals surface area contributed by atoms with Crippen LogP contribution < -0.4 is 5.73 Å². The molecule has 60 valence electrons. The van der Waals surface area contributed by atoms with Crippen molar-refractivity contribution in [3.05, 3.63) is 0 Å². The zero-order valence-corrected chi connectivity index (χ0v) is 7.05. The smallest absolute Gasteiger partial charge is 0.146 e. The molecule has 0 saturated carbocycles. The normalized spacial score (nSPS) is 16.4. The number of nitrogens with two attached hydrogens (primary N) is 1. The fourth-order valence-electron chi connectivity index (χ4n) is 0.766. The molecule has 2 nitrogen and oxygen atoms in total. The van der Waals surface area contributed by atoms with Gasteiger partial charge in [0.05, 0.1) is 6.04 Å². The van der Waals surface area contributed by atoms with Gasteiger partial charge < -0.3 is 5.73 Å². The van der Waals surface area contributed by atoms with Crippen molar-refractivity contribution >= 4 is 5.78 Å². The Kier molecular flexibility index (Phi) is 4.28. The number of carbonyl (C=O) groups is 1. The second-order valence-corrected chi connectivity index (χ2v) is 2.97. The second kappa shape index (κ2) is 4.45. The summed E-state index contributed by atoms with van der Waals surface area (Å²) in [5.74, 6) is 0.666. The summed E-state index contributed by atoms with van der Waals surface area (Å²) in [4.78, 5) is 10.7. The van der Waals surface area contributed by atoms with Crippen molar-refractivity contribution in [1.29, 1.82) is 0 Å². The lowest BCUT2D eigenvalue weighted by molar-refractivity contribution is -0.118. The minimum Gasteiger partial charge on any atom is -0.322 e. The summed E-state index contributed by atoms with van der Waals surface area (Å²) in [7, 11) is 0. The van der Waals surface area contributed by atoms with Crippen molar-refractivity contribution in [3.63, 3.8) is 0 Å². The largest absolute Gasteiger partial charge is 0.322 e. The highest BCUT2D eigenvalue weighted by Gasteiger charge is 2.10. The summed E-state index contributed by atoms with van der Waals surface area (Å²) < 4.78 is 0. The van der Waals surface area contributed by atoms with Crippen molar-refractivity contribution in [2.24, 2.45) is 11.7 Å². The predicted molar refractivity (Wildman–Crippen MR) is 42.7 cm³/mol. The lowest BCUT2D eigenvalue weighted by Crippen LogP contribution is -2.29. The first-order valence-electron chi connectivity index (χ1n) is 3.84. The third-order valence-electron chi connectivity index (χ3n) is 1.88. The van der Waals surface area contributed by atoms with E-state index in [0.29, 0.717) is 5.92 Å². The first kappa shape index (κ1) is 9.63. The maximum Gasteiger partial charge on any atom is 0.146 e. The average Bonchev–Trinajstić information content (AvgIpc) is 1.87. The number of hydrogen-bond donors (Lipinski definition) is 1. The highest BCUT2D eigenvalue weighted by molar-refractivity contribution is 5.81. The molecular weight excluding hydrogens is 126 g/mol. The lowest BCUT2D eigenvalue weighted by atomic mass is 9.98. The first-order chi connectivity index (χ1) is 4.57. The van der Waals surface area contributed by atoms with Crippen molar-refractivity contribution in [3.8, 4) is 0 Å². The Balaban J connectivity index is 3.56. The lowest BCUT2D eigenvalue weighted by Gasteiger charge is -2.12. The van der Waals surface area contributed by atoms with Crippen molar-refractivity contribution in [2.75, 3.05) is 0 Å². The van der Waals surface area contributed by atoms with Gasteiger partial charge in [0.2, 0.25) is 0 Å². The monoisotopic (exact) mass is 143 g/mol. The van der Waals surface area contributed by atoms with E-state index in [2.05, 4.69) is 13.8 Å². The molecule has 2 heteroatoms. The summed E-state index contributed by atoms with van der Waals surface area (Å²) in [6.07, 6.45) is 1.92. The molecule has 0 unspecified atom stereocenters. The molecule has 0 saturated heterocycles. The van der Waals surface area contributed by atoms with E-state index in [1.165, 1.54) is 0 Å². The van der Waals surface area contributed by atoms with Gasteiger partial charge in [-0.15, -0.1) is 0 Å². The van der Waals surface area contributed by atoms with Crippen molar-refractivity contribution in [2.45, 2.75) is 39.7 Å². The third-order valence-corrected chi connectivity index (χ3v) is 1.88. The van der Waals surface area contributed by atoms with Gasteiger partial charge in [0, 0.05) is 0 Å². The molecule has 0 aliphatic rings. The zero-order chi connectivity index (χ0) is 8.15. The number of Topliss-reactive ketones (excluding diaryl/α,β-unsaturated/α-hetero) is 1. The van der Waals surface area contributed by atoms with Gasteiger partial charge in [-0.1, -0.05) is 20.3 Å². The van der Waals surface area contributed by atoms with Crippen LogP contribution >= 0.6 is 0 Å². The molecule has 0 aliphatic heterocycles. The van der Waals surface area contributed by atoms with E-state index in [1.807, 2.05) is 0 Å². The van der Waals surface area contributed by atoms with Gasteiger partial charge in [0.1, 0.15) is 5.78 Å². The maximum atomic E-state index is 10.7. The molecule has 0 radical (unpaired) electrons. The Morgan fingerprint density at radius 2 is 2.10 bits per heavy atom. The third kappa shape index (κ3) is 3.62. The zero-order valence-electron chi connectivity index (χ0n) is 7.05. The van der Waals surface area contributed by atoms with Crippen LogP contribution in [-0.4, -0.2) is 11.8 Å². The van der Waals surface area contributed by atoms with Crippen LogP contribution in [0.2, 0.25) is 0 Å². The number of ketones is 1. The second-order valence-electron chi connectivity index (χ2n) is 2.97. The Labute approximate surface area is 62.8 Å². The van der Waals surface area contributed by atoms with Crippen LogP contribution in [0, 0.1) is 5.92 Å². The molecule has 2 atom stereocenters. The molecule has 0 aromatic rings. The molecular formula is C8H17NO. The highest BCUT2D eigenvalue weighted by atomic mass is 16.1. The minimum absolute atomic E-state index is 0.0975. The summed E-state index contributed by atoms with van der Waals surface area (Å²) in [6.45, 7) is 5.77. The van der Waals surface area contributed by atoms with Crippen LogP contribution in [-0.2, 0) is 4.79 Å². The van der Waals surface area contributed by atoms with E-state index < -0.39 is 0 Å². The number of hydrogen-bond acceptors (Lipinski definition) is 2. The Morgan fingerprint density at radius 3 is 2.40 bits per heavy atom. The van der Waals surface area contributed by atoms with E-state index in [0.717, 1.165) is 12.8 Å². The molecule has 0 fully saturated rings. The Bertz CT molecular complexity index is 112. The van der Waals surface area contributed by atoms with E-state index in [9.17, 15) is 4.79 Å². The van der Waals surface area contributed by atoms with Gasteiger partial charge in [-0.3, -0.25) is 4.79 Å². The summed E-state index contributed by atoms with van der Waals surface area (Å²) in [5.41, 5.74) is 5.54. The SMILES string of the molecule is CC[C@H](C)C[C@H](N)C(C)=O. The van der Waals surface area contributed by atoms with Gasteiger partial charge in [-0.25, -0.2) is 0 Å². The fraction of sp³-hybridized carbons (Fsp3) is 0.875. The summed E-state index contributed by atoms with van der Waals surface area (Å²) in [6, 6.07) is -0.241. The molecule has 0 heterocycles. The Morgan fingerprint density at radius 1 is 1.60 bits per heavy atom. The molecule has 10 heavy (non-hydrogen) atoms. The average molecular weight is 143 g/mol. The topological polar surface area (TPSA) is 43.1 Å². The molecule has 0 aliphatic carbocycles. The van der Waals surface area contributed by atoms with Crippen LogP contribution in [0.15, 0.2) is 0 Å². The number of carbonyl (C=O) groups excluding carboxylic acids is 1. The van der Waals surface area contributed by atoms with E-state index in [1.54, 1.807) is 6.92 Å². The first-order valence-corrected chi connectivity index (χ1v) is 3.84. The molecule has 0 amide bonds. The van der Waals surface area contributed by atoms with Gasteiger partial charge >= 0.3 is 0 Å². The van der Waals surface area contributed by atoms with E-state index in [4.69, 9.17) is 5.73 Å². The molecule has 0 rings (SSSR count). The van der Waals surface area contributed by atoms with Crippen molar-refractivity contribution < 1.29 is 4.79 Å². The molecule has 0 aromatic carbocycles. The molecule has 2 N–H and O–H groups in total. The van der Waals surface area contributed by atoms with Crippen LogP contribution in [0.4, 0.5) is 0 Å². The van der Waals surface area contributed by atoms with E-state index >= 15 is 0 Å². The van der Waals surface area contributed by atoms with Gasteiger partial charge in [0.25, 0.3) is 0 Å². The fourth-order valence-corrected chi connectivity index (χ4v) is 0.766. The quantitative estimate of drug-likeness (QED) is 0.645. The molecule has 0 spiro atoms. The van der Waals surface area contributed by atoms with Gasteiger partial charge in [0.15, 0.2) is 0 Å². The standard InChI is InChI=1S/C8H17NO/c1-4-6(2)5-8(9)7(3)10/h6,8H,4-5,9H2,1-3H3/t6-,8-/m0/s1. The minimum atomic E-state index is -0.241. The van der Waals surface area contributed by atoms with Crippen molar-refractivity contribution in [1.82, 2.24) is 0 Å². The number of rotatable bonds is 4. The van der Waals surface area contributed by atoms with Gasteiger partial charge in [-0.2, -0.15) is 0 Å². The summed E-state index contributed by atoms with van der Waals surface area (Å²) in [5, 5.41) is 0. The predicted octanol–water partition coefficient (Wildman–Crippen LogP) is 1.34. The Hall–Kier alpha value is -0.370. The van der Waals surface area contributed by atoms with Crippen LogP contribution in [0.1, 0.15) is 33.6 Å². The van der Waals surface area contributed by atoms with Gasteiger partial charge in [-0.05, 0) is 19.3 Å². The molecule has 0 aromatic heterocycles. The van der Waals surface area contributed by atoms with Crippen LogP contribution in [0.25, 0.3) is 0 Å². The summed E-state index contributed by atoms with van der Waals surface area (Å²) >= 11 is 0. The molecule has 0 bridgehead atoms. The van der Waals surface area contributed by atoms with Crippen LogP contribution in [0.5, 0.6) is 0 Å². The van der Waals surface area contributed by atoms with Crippen LogP contribution in [0.3, 0.4) is 0 Å². The highest BCUT2D eigenvalue weighted by Crippen LogP contribution is 2.08. The maximum absolute atomic E-state index is 10.7. The van der Waals surface area contributed by atoms with E-state index in [-0.39, 0.29) is 11.8 Å².